The first kappa shape index (κ1) is 18.0. The number of carbonyl (C=O) groups excluding carboxylic acids is 3. The Hall–Kier alpha value is -2.37. The molecule has 0 aliphatic heterocycles. The third kappa shape index (κ3) is 4.81. The van der Waals surface area contributed by atoms with Gasteiger partial charge in [0.25, 0.3) is 0 Å². The summed E-state index contributed by atoms with van der Waals surface area (Å²) in [5.74, 6) is -1.24. The molecule has 124 valence electrons. The number of anilines is 1. The Morgan fingerprint density at radius 2 is 1.58 bits per heavy atom. The molecule has 1 N–H and O–H groups in total. The number of amides is 1. The highest BCUT2D eigenvalue weighted by atomic mass is 35.5. The summed E-state index contributed by atoms with van der Waals surface area (Å²) < 4.78 is 4.97. The highest BCUT2D eigenvalue weighted by molar-refractivity contribution is 6.42. The number of Topliss-reactive ketones (excluding diaryl/α,β-unsaturated/α-hetero) is 1. The van der Waals surface area contributed by atoms with Gasteiger partial charge in [-0.15, -0.1) is 0 Å². The molecule has 0 radical (unpaired) electrons. The van der Waals surface area contributed by atoms with Gasteiger partial charge in [0.2, 0.25) is 5.91 Å². The lowest BCUT2D eigenvalue weighted by Gasteiger charge is -2.06. The molecule has 1 amide bonds. The summed E-state index contributed by atoms with van der Waals surface area (Å²) in [5.41, 5.74) is 1.15. The van der Waals surface area contributed by atoms with Crippen molar-refractivity contribution in [1.82, 2.24) is 0 Å². The van der Waals surface area contributed by atoms with Crippen LogP contribution in [-0.4, -0.2) is 24.3 Å². The lowest BCUT2D eigenvalue weighted by molar-refractivity contribution is -0.114. The van der Waals surface area contributed by atoms with Crippen LogP contribution in [0.15, 0.2) is 42.5 Å². The second-order valence-corrected chi connectivity index (χ2v) is 5.70. The second-order valence-electron chi connectivity index (χ2n) is 4.89. The number of carbonyl (C=O) groups is 3. The highest BCUT2D eigenvalue weighted by Gasteiger charge is 2.13. The molecule has 24 heavy (non-hydrogen) atoms. The molecule has 2 aromatic carbocycles. The first-order valence-corrected chi connectivity index (χ1v) is 7.65. The van der Waals surface area contributed by atoms with Gasteiger partial charge in [0, 0.05) is 18.2 Å². The fraction of sp³-hybridized carbons (Fsp3) is 0.118. The first-order valence-electron chi connectivity index (χ1n) is 6.90. The van der Waals surface area contributed by atoms with E-state index < -0.39 is 12.6 Å². The van der Waals surface area contributed by atoms with E-state index in [-0.39, 0.29) is 22.3 Å². The van der Waals surface area contributed by atoms with E-state index in [1.165, 1.54) is 25.1 Å². The van der Waals surface area contributed by atoms with Gasteiger partial charge in [0.05, 0.1) is 15.6 Å². The smallest absolute Gasteiger partial charge is 0.338 e. The molecule has 0 heterocycles. The zero-order chi connectivity index (χ0) is 17.7. The van der Waals surface area contributed by atoms with Crippen molar-refractivity contribution in [2.45, 2.75) is 6.92 Å². The van der Waals surface area contributed by atoms with Crippen LogP contribution in [0.5, 0.6) is 0 Å². The number of nitrogens with one attached hydrogen (secondary N) is 1. The second kappa shape index (κ2) is 7.95. The predicted molar refractivity (Wildman–Crippen MR) is 91.8 cm³/mol. The SMILES string of the molecule is CC(=O)Nc1ccc(C(=O)COC(=O)c2ccc(Cl)c(Cl)c2)cc1. The van der Waals surface area contributed by atoms with Crippen LogP contribution in [-0.2, 0) is 9.53 Å². The molecular formula is C17H13Cl2NO4. The van der Waals surface area contributed by atoms with Crippen LogP contribution in [0.3, 0.4) is 0 Å². The fourth-order valence-electron chi connectivity index (χ4n) is 1.86. The van der Waals surface area contributed by atoms with Crippen LogP contribution < -0.4 is 5.32 Å². The number of rotatable bonds is 5. The van der Waals surface area contributed by atoms with Crippen LogP contribution in [0, 0.1) is 0 Å². The number of halogens is 2. The zero-order valence-electron chi connectivity index (χ0n) is 12.6. The summed E-state index contributed by atoms with van der Waals surface area (Å²) in [6, 6.07) is 10.6. The predicted octanol–water partition coefficient (Wildman–Crippen LogP) is 3.99. The van der Waals surface area contributed by atoms with E-state index >= 15 is 0 Å². The van der Waals surface area contributed by atoms with Gasteiger partial charge in [-0.25, -0.2) is 4.79 Å². The van der Waals surface area contributed by atoms with Crippen LogP contribution in [0.4, 0.5) is 5.69 Å². The van der Waals surface area contributed by atoms with E-state index in [9.17, 15) is 14.4 Å². The van der Waals surface area contributed by atoms with Gasteiger partial charge in [-0.05, 0) is 42.5 Å². The summed E-state index contributed by atoms with van der Waals surface area (Å²) in [5, 5.41) is 3.14. The van der Waals surface area contributed by atoms with Gasteiger partial charge >= 0.3 is 5.97 Å². The van der Waals surface area contributed by atoms with Crippen molar-refractivity contribution in [1.29, 1.82) is 0 Å². The number of esters is 1. The molecule has 0 atom stereocenters. The lowest BCUT2D eigenvalue weighted by atomic mass is 10.1. The van der Waals surface area contributed by atoms with Gasteiger partial charge < -0.3 is 10.1 Å². The molecule has 0 spiro atoms. The summed E-state index contributed by atoms with van der Waals surface area (Å²) in [7, 11) is 0. The largest absolute Gasteiger partial charge is 0.454 e. The Morgan fingerprint density at radius 3 is 2.17 bits per heavy atom. The summed E-state index contributed by atoms with van der Waals surface area (Å²) in [6.07, 6.45) is 0. The third-order valence-electron chi connectivity index (χ3n) is 3.02. The summed E-state index contributed by atoms with van der Waals surface area (Å²) in [4.78, 5) is 34.9. The number of benzene rings is 2. The van der Waals surface area contributed by atoms with Gasteiger partial charge in [-0.3, -0.25) is 9.59 Å². The maximum Gasteiger partial charge on any atom is 0.338 e. The van der Waals surface area contributed by atoms with Crippen LogP contribution in [0.25, 0.3) is 0 Å². The first-order chi connectivity index (χ1) is 11.4. The van der Waals surface area contributed by atoms with Crippen molar-refractivity contribution in [2.24, 2.45) is 0 Å². The van der Waals surface area contributed by atoms with E-state index in [1.807, 2.05) is 0 Å². The van der Waals surface area contributed by atoms with E-state index in [2.05, 4.69) is 5.32 Å². The number of ketones is 1. The average Bonchev–Trinajstić information content (AvgIpc) is 2.55. The van der Waals surface area contributed by atoms with Crippen molar-refractivity contribution in [2.75, 3.05) is 11.9 Å². The summed E-state index contributed by atoms with van der Waals surface area (Å²) >= 11 is 11.6. The quantitative estimate of drug-likeness (QED) is 0.642. The number of hydrogen-bond donors (Lipinski definition) is 1. The number of hydrogen-bond acceptors (Lipinski definition) is 4. The maximum absolute atomic E-state index is 12.0. The van der Waals surface area contributed by atoms with Crippen LogP contribution in [0.2, 0.25) is 10.0 Å². The van der Waals surface area contributed by atoms with E-state index in [4.69, 9.17) is 27.9 Å². The Morgan fingerprint density at radius 1 is 0.958 bits per heavy atom. The van der Waals surface area contributed by atoms with Crippen LogP contribution in [0.1, 0.15) is 27.6 Å². The van der Waals surface area contributed by atoms with Crippen LogP contribution >= 0.6 is 23.2 Å². The minimum Gasteiger partial charge on any atom is -0.454 e. The fourth-order valence-corrected chi connectivity index (χ4v) is 2.16. The average molecular weight is 366 g/mol. The van der Waals surface area contributed by atoms with Crippen molar-refractivity contribution in [3.8, 4) is 0 Å². The van der Waals surface area contributed by atoms with E-state index in [0.29, 0.717) is 16.3 Å². The molecule has 2 aromatic rings. The van der Waals surface area contributed by atoms with E-state index in [0.717, 1.165) is 0 Å². The zero-order valence-corrected chi connectivity index (χ0v) is 14.1. The molecule has 2 rings (SSSR count). The minimum absolute atomic E-state index is 0.204. The molecule has 0 saturated heterocycles. The lowest BCUT2D eigenvalue weighted by Crippen LogP contribution is -2.14. The van der Waals surface area contributed by atoms with Gasteiger partial charge in [0.1, 0.15) is 0 Å². The normalized spacial score (nSPS) is 10.1. The molecule has 5 nitrogen and oxygen atoms in total. The third-order valence-corrected chi connectivity index (χ3v) is 3.76. The maximum atomic E-state index is 12.0. The van der Waals surface area contributed by atoms with E-state index in [1.54, 1.807) is 24.3 Å². The molecule has 0 fully saturated rings. The van der Waals surface area contributed by atoms with Crippen molar-refractivity contribution in [3.63, 3.8) is 0 Å². The molecule has 7 heteroatoms. The monoisotopic (exact) mass is 365 g/mol. The molecule has 0 saturated carbocycles. The highest BCUT2D eigenvalue weighted by Crippen LogP contribution is 2.23. The van der Waals surface area contributed by atoms with Crippen molar-refractivity contribution in [3.05, 3.63) is 63.6 Å². The standard InChI is InChI=1S/C17H13Cl2NO4/c1-10(21)20-13-5-2-11(3-6-13)16(22)9-24-17(23)12-4-7-14(18)15(19)8-12/h2-8H,9H2,1H3,(H,20,21). The Bertz CT molecular complexity index is 788. The summed E-state index contributed by atoms with van der Waals surface area (Å²) in [6.45, 7) is 0.986. The topological polar surface area (TPSA) is 72.5 Å². The Labute approximate surface area is 148 Å². The van der Waals surface area contributed by atoms with Crippen molar-refractivity contribution >= 4 is 46.5 Å². The molecule has 0 aliphatic carbocycles. The van der Waals surface area contributed by atoms with Gasteiger partial charge in [-0.1, -0.05) is 23.2 Å². The Balaban J connectivity index is 1.95. The molecule has 0 unspecified atom stereocenters. The molecule has 0 bridgehead atoms. The Kier molecular flexibility index (Phi) is 5.95. The molecular weight excluding hydrogens is 353 g/mol. The molecule has 0 aliphatic rings. The van der Waals surface area contributed by atoms with Crippen molar-refractivity contribution < 1.29 is 19.1 Å². The number of ether oxygens (including phenoxy) is 1. The molecule has 0 aromatic heterocycles. The van der Waals surface area contributed by atoms with Gasteiger partial charge in [0.15, 0.2) is 12.4 Å². The van der Waals surface area contributed by atoms with Gasteiger partial charge in [-0.2, -0.15) is 0 Å². The minimum atomic E-state index is -0.670.